The fourth-order valence-corrected chi connectivity index (χ4v) is 1.98. The van der Waals surface area contributed by atoms with Crippen molar-refractivity contribution in [2.24, 2.45) is 0 Å². The molecule has 19 heavy (non-hydrogen) atoms. The second-order valence-corrected chi connectivity index (χ2v) is 4.99. The maximum absolute atomic E-state index is 5.59. The molecule has 1 N–H and O–H groups in total. The molecule has 0 atom stereocenters. The van der Waals surface area contributed by atoms with Gasteiger partial charge in [0.25, 0.3) is 0 Å². The number of benzene rings is 1. The van der Waals surface area contributed by atoms with Crippen molar-refractivity contribution in [2.45, 2.75) is 32.7 Å². The zero-order valence-corrected chi connectivity index (χ0v) is 12.0. The van der Waals surface area contributed by atoms with Gasteiger partial charge in [-0.25, -0.2) is 0 Å². The lowest BCUT2D eigenvalue weighted by Gasteiger charge is -2.10. The molecule has 2 rings (SSSR count). The first-order valence-electron chi connectivity index (χ1n) is 6.94. The monoisotopic (exact) mass is 261 g/mol. The van der Waals surface area contributed by atoms with Crippen molar-refractivity contribution in [3.05, 3.63) is 29.3 Å². The quantitative estimate of drug-likeness (QED) is 0.817. The van der Waals surface area contributed by atoms with E-state index in [0.29, 0.717) is 6.61 Å². The molecule has 0 unspecified atom stereocenters. The first kappa shape index (κ1) is 13.9. The first-order valence-corrected chi connectivity index (χ1v) is 6.94. The SMILES string of the molecule is CCOc1cc(C=C(C)CNC2CC2)ccc1OC. The summed E-state index contributed by atoms with van der Waals surface area (Å²) in [6.07, 6.45) is 4.84. The van der Waals surface area contributed by atoms with E-state index < -0.39 is 0 Å². The van der Waals surface area contributed by atoms with Crippen molar-refractivity contribution in [3.63, 3.8) is 0 Å². The van der Waals surface area contributed by atoms with Gasteiger partial charge >= 0.3 is 0 Å². The normalized spacial score (nSPS) is 15.4. The summed E-state index contributed by atoms with van der Waals surface area (Å²) in [5, 5.41) is 3.51. The van der Waals surface area contributed by atoms with Gasteiger partial charge in [0.1, 0.15) is 0 Å². The van der Waals surface area contributed by atoms with Crippen molar-refractivity contribution < 1.29 is 9.47 Å². The first-order chi connectivity index (χ1) is 9.22. The van der Waals surface area contributed by atoms with E-state index in [2.05, 4.69) is 24.4 Å². The highest BCUT2D eigenvalue weighted by Gasteiger charge is 2.19. The lowest BCUT2D eigenvalue weighted by molar-refractivity contribution is 0.311. The smallest absolute Gasteiger partial charge is 0.161 e. The Hall–Kier alpha value is -1.48. The minimum atomic E-state index is 0.645. The van der Waals surface area contributed by atoms with Gasteiger partial charge in [0, 0.05) is 12.6 Å². The van der Waals surface area contributed by atoms with Crippen LogP contribution in [-0.2, 0) is 0 Å². The van der Waals surface area contributed by atoms with Crippen molar-refractivity contribution in [2.75, 3.05) is 20.3 Å². The molecule has 0 aliphatic heterocycles. The zero-order chi connectivity index (χ0) is 13.7. The maximum Gasteiger partial charge on any atom is 0.161 e. The molecule has 3 nitrogen and oxygen atoms in total. The van der Waals surface area contributed by atoms with Gasteiger partial charge in [0.05, 0.1) is 13.7 Å². The Bertz CT molecular complexity index is 450. The summed E-state index contributed by atoms with van der Waals surface area (Å²) in [4.78, 5) is 0. The van der Waals surface area contributed by atoms with Crippen LogP contribution in [0.25, 0.3) is 6.08 Å². The third-order valence-electron chi connectivity index (χ3n) is 3.15. The van der Waals surface area contributed by atoms with E-state index in [-0.39, 0.29) is 0 Å². The summed E-state index contributed by atoms with van der Waals surface area (Å²) < 4.78 is 10.9. The van der Waals surface area contributed by atoms with Gasteiger partial charge < -0.3 is 14.8 Å². The van der Waals surface area contributed by atoms with Crippen LogP contribution in [-0.4, -0.2) is 26.3 Å². The number of hydrogen-bond acceptors (Lipinski definition) is 3. The van der Waals surface area contributed by atoms with Crippen molar-refractivity contribution in [1.82, 2.24) is 5.32 Å². The van der Waals surface area contributed by atoms with Crippen LogP contribution in [0.5, 0.6) is 11.5 Å². The second-order valence-electron chi connectivity index (χ2n) is 4.99. The van der Waals surface area contributed by atoms with Crippen LogP contribution in [0.2, 0.25) is 0 Å². The van der Waals surface area contributed by atoms with E-state index in [1.807, 2.05) is 19.1 Å². The van der Waals surface area contributed by atoms with E-state index in [4.69, 9.17) is 9.47 Å². The largest absolute Gasteiger partial charge is 0.493 e. The van der Waals surface area contributed by atoms with E-state index in [0.717, 1.165) is 29.6 Å². The van der Waals surface area contributed by atoms with Gasteiger partial charge in [-0.1, -0.05) is 17.7 Å². The van der Waals surface area contributed by atoms with Crippen LogP contribution in [0.15, 0.2) is 23.8 Å². The number of hydrogen-bond donors (Lipinski definition) is 1. The molecule has 0 spiro atoms. The second kappa shape index (κ2) is 6.62. The molecule has 0 heterocycles. The number of rotatable bonds is 7. The summed E-state index contributed by atoms with van der Waals surface area (Å²) in [5.74, 6) is 1.59. The predicted molar refractivity (Wildman–Crippen MR) is 78.8 cm³/mol. The molecule has 0 amide bonds. The Morgan fingerprint density at radius 2 is 2.16 bits per heavy atom. The predicted octanol–water partition coefficient (Wildman–Crippen LogP) is 3.25. The molecule has 0 aromatic heterocycles. The fraction of sp³-hybridized carbons (Fsp3) is 0.500. The molecule has 104 valence electrons. The van der Waals surface area contributed by atoms with Crippen molar-refractivity contribution >= 4 is 6.08 Å². The van der Waals surface area contributed by atoms with Crippen LogP contribution in [0, 0.1) is 0 Å². The summed E-state index contributed by atoms with van der Waals surface area (Å²) in [5.41, 5.74) is 2.49. The van der Waals surface area contributed by atoms with Crippen molar-refractivity contribution in [3.8, 4) is 11.5 Å². The molecule has 1 aromatic rings. The molecule has 1 aliphatic rings. The third kappa shape index (κ3) is 4.28. The van der Waals surface area contributed by atoms with Crippen LogP contribution >= 0.6 is 0 Å². The lowest BCUT2D eigenvalue weighted by atomic mass is 10.1. The molecular formula is C16H23NO2. The number of nitrogens with one attached hydrogen (secondary N) is 1. The molecule has 1 fully saturated rings. The molecule has 0 bridgehead atoms. The fourth-order valence-electron chi connectivity index (χ4n) is 1.98. The number of methoxy groups -OCH3 is 1. The van der Waals surface area contributed by atoms with Crippen LogP contribution in [0.3, 0.4) is 0 Å². The number of ether oxygens (including phenoxy) is 2. The molecule has 1 saturated carbocycles. The zero-order valence-electron chi connectivity index (χ0n) is 12.0. The summed E-state index contributed by atoms with van der Waals surface area (Å²) >= 11 is 0. The standard InChI is InChI=1S/C16H23NO2/c1-4-19-16-10-13(5-8-15(16)18-3)9-12(2)11-17-14-6-7-14/h5,8-10,14,17H,4,6-7,11H2,1-3H3. The van der Waals surface area contributed by atoms with Gasteiger partial charge in [-0.2, -0.15) is 0 Å². The molecule has 1 aliphatic carbocycles. The topological polar surface area (TPSA) is 30.5 Å². The van der Waals surface area contributed by atoms with E-state index in [9.17, 15) is 0 Å². The van der Waals surface area contributed by atoms with Crippen LogP contribution in [0.1, 0.15) is 32.3 Å². The van der Waals surface area contributed by atoms with Gasteiger partial charge in [-0.15, -0.1) is 0 Å². The average molecular weight is 261 g/mol. The Kier molecular flexibility index (Phi) is 4.86. The minimum absolute atomic E-state index is 0.645. The average Bonchev–Trinajstić information content (AvgIpc) is 3.21. The van der Waals surface area contributed by atoms with Gasteiger partial charge in [-0.05, 0) is 44.4 Å². The Balaban J connectivity index is 2.05. The summed E-state index contributed by atoms with van der Waals surface area (Å²) in [7, 11) is 1.66. The van der Waals surface area contributed by atoms with E-state index in [1.165, 1.54) is 18.4 Å². The molecule has 0 saturated heterocycles. The van der Waals surface area contributed by atoms with Gasteiger partial charge in [0.15, 0.2) is 11.5 Å². The van der Waals surface area contributed by atoms with Gasteiger partial charge in [-0.3, -0.25) is 0 Å². The van der Waals surface area contributed by atoms with Crippen LogP contribution < -0.4 is 14.8 Å². The minimum Gasteiger partial charge on any atom is -0.493 e. The molecule has 3 heteroatoms. The Labute approximate surface area is 115 Å². The highest BCUT2D eigenvalue weighted by molar-refractivity contribution is 5.58. The molecular weight excluding hydrogens is 238 g/mol. The molecule has 1 aromatic carbocycles. The highest BCUT2D eigenvalue weighted by atomic mass is 16.5. The van der Waals surface area contributed by atoms with Crippen molar-refractivity contribution in [1.29, 1.82) is 0 Å². The van der Waals surface area contributed by atoms with E-state index >= 15 is 0 Å². The lowest BCUT2D eigenvalue weighted by Crippen LogP contribution is -2.18. The maximum atomic E-state index is 5.59. The van der Waals surface area contributed by atoms with Gasteiger partial charge in [0.2, 0.25) is 0 Å². The Morgan fingerprint density at radius 3 is 2.79 bits per heavy atom. The van der Waals surface area contributed by atoms with Crippen LogP contribution in [0.4, 0.5) is 0 Å². The highest BCUT2D eigenvalue weighted by Crippen LogP contribution is 2.29. The Morgan fingerprint density at radius 1 is 1.37 bits per heavy atom. The summed E-state index contributed by atoms with van der Waals surface area (Å²) in [6.45, 7) is 5.74. The molecule has 0 radical (unpaired) electrons. The summed E-state index contributed by atoms with van der Waals surface area (Å²) in [6, 6.07) is 6.79. The van der Waals surface area contributed by atoms with E-state index in [1.54, 1.807) is 7.11 Å². The third-order valence-corrected chi connectivity index (χ3v) is 3.15.